The van der Waals surface area contributed by atoms with Gasteiger partial charge in [0, 0.05) is 32.4 Å². The molecule has 1 N–H and O–H groups in total. The lowest BCUT2D eigenvalue weighted by atomic mass is 10.0. The fraction of sp³-hybridized carbons (Fsp3) is 0.333. The highest BCUT2D eigenvalue weighted by atomic mass is 32.2. The number of hydrogen-bond donors (Lipinski definition) is 1. The molecule has 0 saturated carbocycles. The number of aromatic carboxylic acids is 1. The molecule has 1 saturated heterocycles. The molecule has 7 nitrogen and oxygen atoms in total. The fourth-order valence-corrected chi connectivity index (χ4v) is 4.52. The molecule has 2 heterocycles. The van der Waals surface area contributed by atoms with Gasteiger partial charge in [0.15, 0.2) is 0 Å². The van der Waals surface area contributed by atoms with Crippen LogP contribution >= 0.6 is 0 Å². The Morgan fingerprint density at radius 1 is 1.23 bits per heavy atom. The number of carbonyl (C=O) groups is 1. The summed E-state index contributed by atoms with van der Waals surface area (Å²) in [5.74, 6) is -0.997. The van der Waals surface area contributed by atoms with Gasteiger partial charge >= 0.3 is 5.97 Å². The van der Waals surface area contributed by atoms with Crippen LogP contribution in [0.4, 0.5) is 0 Å². The van der Waals surface area contributed by atoms with Gasteiger partial charge < -0.3 is 5.11 Å². The van der Waals surface area contributed by atoms with Crippen molar-refractivity contribution in [3.63, 3.8) is 0 Å². The average Bonchev–Trinajstić information content (AvgIpc) is 3.12. The van der Waals surface area contributed by atoms with E-state index < -0.39 is 16.2 Å². The lowest BCUT2D eigenvalue weighted by molar-refractivity contribution is 0.0697. The molecule has 1 aliphatic heterocycles. The summed E-state index contributed by atoms with van der Waals surface area (Å²) in [6.45, 7) is 0.469. The Kier molecular flexibility index (Phi) is 5.08. The van der Waals surface area contributed by atoms with E-state index in [1.54, 1.807) is 42.6 Å². The summed E-state index contributed by atoms with van der Waals surface area (Å²) in [6, 6.07) is 10.0. The molecule has 3 rings (SSSR count). The minimum atomic E-state index is -3.51. The number of rotatable bonds is 5. The molecule has 0 unspecified atom stereocenters. The first-order valence-corrected chi connectivity index (χ1v) is 9.70. The van der Waals surface area contributed by atoms with Crippen molar-refractivity contribution >= 4 is 16.2 Å². The molecular weight excluding hydrogens is 354 g/mol. The van der Waals surface area contributed by atoms with Crippen LogP contribution in [0.25, 0.3) is 11.1 Å². The first-order chi connectivity index (χ1) is 12.3. The molecule has 26 heavy (non-hydrogen) atoms. The van der Waals surface area contributed by atoms with Gasteiger partial charge in [0.1, 0.15) is 0 Å². The van der Waals surface area contributed by atoms with E-state index in [1.165, 1.54) is 22.7 Å². The second-order valence-corrected chi connectivity index (χ2v) is 8.48. The maximum absolute atomic E-state index is 12.5. The Balaban J connectivity index is 1.92. The topological polar surface area (TPSA) is 90.8 Å². The van der Waals surface area contributed by atoms with Gasteiger partial charge in [-0.3, -0.25) is 4.98 Å². The Bertz CT molecular complexity index is 910. The van der Waals surface area contributed by atoms with Gasteiger partial charge in [0.05, 0.1) is 17.3 Å². The first-order valence-electron chi connectivity index (χ1n) is 8.30. The van der Waals surface area contributed by atoms with Gasteiger partial charge in [0.2, 0.25) is 0 Å². The Hall–Kier alpha value is -2.29. The second kappa shape index (κ2) is 7.14. The molecule has 2 aromatic rings. The Labute approximate surface area is 153 Å². The molecule has 0 amide bonds. The van der Waals surface area contributed by atoms with Crippen LogP contribution in [0.1, 0.15) is 34.9 Å². The summed E-state index contributed by atoms with van der Waals surface area (Å²) < 4.78 is 27.6. The smallest absolute Gasteiger partial charge is 0.336 e. The van der Waals surface area contributed by atoms with Crippen molar-refractivity contribution in [2.75, 3.05) is 20.6 Å². The quantitative estimate of drug-likeness (QED) is 0.866. The number of aromatic nitrogens is 1. The highest BCUT2D eigenvalue weighted by Gasteiger charge is 2.37. The molecule has 1 aliphatic rings. The number of carboxylic acid groups (broad SMARTS) is 1. The largest absolute Gasteiger partial charge is 0.478 e. The monoisotopic (exact) mass is 375 g/mol. The van der Waals surface area contributed by atoms with E-state index in [0.29, 0.717) is 29.8 Å². The molecule has 0 spiro atoms. The SMILES string of the molecule is CN(C)S(=O)(=O)N1CCC[C@H]1c1ccc(-c2ccccc2C(=O)O)cn1. The number of benzene rings is 1. The minimum Gasteiger partial charge on any atom is -0.478 e. The van der Waals surface area contributed by atoms with Crippen LogP contribution in [0.3, 0.4) is 0 Å². The molecule has 0 radical (unpaired) electrons. The van der Waals surface area contributed by atoms with Crippen molar-refractivity contribution in [3.05, 3.63) is 53.9 Å². The van der Waals surface area contributed by atoms with Crippen LogP contribution in [0.15, 0.2) is 42.6 Å². The van der Waals surface area contributed by atoms with Crippen molar-refractivity contribution in [1.29, 1.82) is 0 Å². The van der Waals surface area contributed by atoms with Crippen LogP contribution < -0.4 is 0 Å². The van der Waals surface area contributed by atoms with Crippen molar-refractivity contribution in [3.8, 4) is 11.1 Å². The maximum atomic E-state index is 12.5. The summed E-state index contributed by atoms with van der Waals surface area (Å²) in [5, 5.41) is 9.33. The number of pyridine rings is 1. The Morgan fingerprint density at radius 3 is 2.58 bits per heavy atom. The number of carboxylic acids is 1. The zero-order chi connectivity index (χ0) is 18.9. The van der Waals surface area contributed by atoms with Gasteiger partial charge in [-0.25, -0.2) is 4.79 Å². The fourth-order valence-electron chi connectivity index (χ4n) is 3.20. The molecule has 0 aliphatic carbocycles. The lowest BCUT2D eigenvalue weighted by Gasteiger charge is -2.26. The minimum absolute atomic E-state index is 0.208. The standard InChI is InChI=1S/C18H21N3O4S/c1-20(2)26(24,25)21-11-5-8-17(21)16-10-9-13(12-19-16)14-6-3-4-7-15(14)18(22)23/h3-4,6-7,9-10,12,17H,5,8,11H2,1-2H3,(H,22,23)/t17-/m0/s1. The van der Waals surface area contributed by atoms with Crippen LogP contribution in [0, 0.1) is 0 Å². The molecule has 1 atom stereocenters. The molecule has 0 bridgehead atoms. The van der Waals surface area contributed by atoms with Gasteiger partial charge in [-0.2, -0.15) is 17.0 Å². The zero-order valence-electron chi connectivity index (χ0n) is 14.7. The highest BCUT2D eigenvalue weighted by Crippen LogP contribution is 2.34. The lowest BCUT2D eigenvalue weighted by Crippen LogP contribution is -2.39. The van der Waals surface area contributed by atoms with Gasteiger partial charge in [0.25, 0.3) is 10.2 Å². The predicted molar refractivity (Wildman–Crippen MR) is 97.9 cm³/mol. The highest BCUT2D eigenvalue weighted by molar-refractivity contribution is 7.86. The Morgan fingerprint density at radius 2 is 1.96 bits per heavy atom. The van der Waals surface area contributed by atoms with Crippen LogP contribution in [0.2, 0.25) is 0 Å². The third-order valence-electron chi connectivity index (χ3n) is 4.56. The van der Waals surface area contributed by atoms with Crippen molar-refractivity contribution in [1.82, 2.24) is 13.6 Å². The van der Waals surface area contributed by atoms with E-state index in [9.17, 15) is 18.3 Å². The normalized spacial score (nSPS) is 18.3. The summed E-state index contributed by atoms with van der Waals surface area (Å²) in [4.78, 5) is 15.8. The molecular formula is C18H21N3O4S. The summed E-state index contributed by atoms with van der Waals surface area (Å²) in [5.41, 5.74) is 2.15. The third kappa shape index (κ3) is 3.35. The molecule has 8 heteroatoms. The summed E-state index contributed by atoms with van der Waals surface area (Å²) in [7, 11) is -0.469. The van der Waals surface area contributed by atoms with Crippen LogP contribution in [-0.2, 0) is 10.2 Å². The first kappa shape index (κ1) is 18.5. The van der Waals surface area contributed by atoms with Crippen molar-refractivity contribution in [2.24, 2.45) is 0 Å². The van der Waals surface area contributed by atoms with Crippen LogP contribution in [-0.4, -0.2) is 53.7 Å². The zero-order valence-corrected chi connectivity index (χ0v) is 15.5. The maximum Gasteiger partial charge on any atom is 0.336 e. The summed E-state index contributed by atoms with van der Waals surface area (Å²) in [6.07, 6.45) is 3.10. The molecule has 1 fully saturated rings. The van der Waals surface area contributed by atoms with E-state index in [-0.39, 0.29) is 11.6 Å². The molecule has 1 aromatic heterocycles. The van der Waals surface area contributed by atoms with E-state index in [4.69, 9.17) is 0 Å². The predicted octanol–water partition coefficient (Wildman–Crippen LogP) is 2.39. The van der Waals surface area contributed by atoms with Crippen molar-refractivity contribution < 1.29 is 18.3 Å². The van der Waals surface area contributed by atoms with E-state index >= 15 is 0 Å². The van der Waals surface area contributed by atoms with E-state index in [0.717, 1.165) is 6.42 Å². The van der Waals surface area contributed by atoms with E-state index in [2.05, 4.69) is 4.98 Å². The van der Waals surface area contributed by atoms with Gasteiger partial charge in [-0.05, 0) is 30.5 Å². The molecule has 1 aromatic carbocycles. The van der Waals surface area contributed by atoms with Gasteiger partial charge in [-0.1, -0.05) is 24.3 Å². The van der Waals surface area contributed by atoms with E-state index in [1.807, 2.05) is 0 Å². The average molecular weight is 375 g/mol. The summed E-state index contributed by atoms with van der Waals surface area (Å²) >= 11 is 0. The molecule has 138 valence electrons. The van der Waals surface area contributed by atoms with Crippen molar-refractivity contribution in [2.45, 2.75) is 18.9 Å². The van der Waals surface area contributed by atoms with Gasteiger partial charge in [-0.15, -0.1) is 0 Å². The second-order valence-electron chi connectivity index (χ2n) is 6.38. The van der Waals surface area contributed by atoms with Crippen LogP contribution in [0.5, 0.6) is 0 Å². The number of hydrogen-bond acceptors (Lipinski definition) is 4. The number of nitrogens with zero attached hydrogens (tertiary/aromatic N) is 3. The third-order valence-corrected chi connectivity index (χ3v) is 6.51.